The van der Waals surface area contributed by atoms with Gasteiger partial charge in [-0.05, 0) is 43.2 Å². The van der Waals surface area contributed by atoms with Gasteiger partial charge in [0.25, 0.3) is 5.56 Å². The number of anilines is 1. The molecule has 2 heterocycles. The molecule has 0 bridgehead atoms. The number of aryl methyl sites for hydroxylation is 1. The number of hydrogen-bond acceptors (Lipinski definition) is 4. The summed E-state index contributed by atoms with van der Waals surface area (Å²) in [4.78, 5) is 25.1. The molecule has 1 aliphatic carbocycles. The van der Waals surface area contributed by atoms with Crippen LogP contribution in [0.1, 0.15) is 38.5 Å². The molecule has 0 spiro atoms. The topological polar surface area (TPSA) is 81.8 Å². The Morgan fingerprint density at radius 3 is 2.67 bits per heavy atom. The molecule has 1 saturated carbocycles. The maximum Gasteiger partial charge on any atom is 0.277 e. The van der Waals surface area contributed by atoms with Gasteiger partial charge in [0.2, 0.25) is 5.91 Å². The van der Waals surface area contributed by atoms with Crippen molar-refractivity contribution >= 4 is 22.5 Å². The lowest BCUT2D eigenvalue weighted by atomic mass is 9.78. The number of fused-ring (bicyclic) bond motifs is 1. The zero-order valence-corrected chi connectivity index (χ0v) is 15.4. The van der Waals surface area contributed by atoms with Crippen LogP contribution in [0.15, 0.2) is 47.5 Å². The molecular weight excluding hydrogens is 342 g/mol. The Morgan fingerprint density at radius 2 is 1.93 bits per heavy atom. The third-order valence-electron chi connectivity index (χ3n) is 5.52. The second-order valence-corrected chi connectivity index (χ2v) is 7.35. The smallest absolute Gasteiger partial charge is 0.277 e. The van der Waals surface area contributed by atoms with E-state index in [0.717, 1.165) is 25.7 Å². The normalized spacial score (nSPS) is 16.3. The molecule has 1 aromatic carbocycles. The number of hydrogen-bond donors (Lipinski definition) is 1. The number of amides is 1. The number of rotatable bonds is 4. The molecule has 27 heavy (non-hydrogen) atoms. The minimum atomic E-state index is -0.229. The van der Waals surface area contributed by atoms with Gasteiger partial charge in [0, 0.05) is 25.1 Å². The first-order chi connectivity index (χ1) is 13.1. The fourth-order valence-electron chi connectivity index (χ4n) is 4.09. The first-order valence-corrected chi connectivity index (χ1v) is 9.34. The maximum atomic E-state index is 12.8. The number of nitrogens with one attached hydrogen (secondary N) is 1. The minimum absolute atomic E-state index is 0.0382. The SMILES string of the molecule is Cn1nnc2ccc(NC(=O)CC3(n4cccc4)CCCCC3)cc2c1=O. The fraction of sp³-hybridized carbons (Fsp3) is 0.400. The van der Waals surface area contributed by atoms with E-state index in [-0.39, 0.29) is 17.0 Å². The predicted octanol–water partition coefficient (Wildman–Crippen LogP) is 2.82. The van der Waals surface area contributed by atoms with Crippen LogP contribution in [-0.2, 0) is 17.4 Å². The highest BCUT2D eigenvalue weighted by molar-refractivity contribution is 5.93. The first kappa shape index (κ1) is 17.5. The van der Waals surface area contributed by atoms with Crippen molar-refractivity contribution in [2.75, 3.05) is 5.32 Å². The van der Waals surface area contributed by atoms with Gasteiger partial charge in [-0.3, -0.25) is 9.59 Å². The molecule has 7 nitrogen and oxygen atoms in total. The Morgan fingerprint density at radius 1 is 1.19 bits per heavy atom. The van der Waals surface area contributed by atoms with E-state index in [0.29, 0.717) is 23.0 Å². The summed E-state index contributed by atoms with van der Waals surface area (Å²) in [6.07, 6.45) is 10.0. The van der Waals surface area contributed by atoms with E-state index in [1.807, 2.05) is 12.1 Å². The summed E-state index contributed by atoms with van der Waals surface area (Å²) < 4.78 is 3.38. The maximum absolute atomic E-state index is 12.8. The standard InChI is InChI=1S/C20H23N5O2/c1-24-19(27)16-13-15(7-8-17(16)22-23-24)21-18(26)14-20(9-3-2-4-10-20)25-11-5-6-12-25/h5-8,11-13H,2-4,9-10,14H2,1H3,(H,21,26). The fourth-order valence-corrected chi connectivity index (χ4v) is 4.09. The monoisotopic (exact) mass is 365 g/mol. The molecule has 140 valence electrons. The van der Waals surface area contributed by atoms with Gasteiger partial charge in [-0.1, -0.05) is 24.5 Å². The van der Waals surface area contributed by atoms with Crippen LogP contribution in [0.3, 0.4) is 0 Å². The number of aromatic nitrogens is 4. The van der Waals surface area contributed by atoms with Gasteiger partial charge in [0.05, 0.1) is 17.3 Å². The summed E-state index contributed by atoms with van der Waals surface area (Å²) in [5.74, 6) is -0.0382. The number of carbonyl (C=O) groups is 1. The largest absolute Gasteiger partial charge is 0.348 e. The van der Waals surface area contributed by atoms with Crippen molar-refractivity contribution in [3.63, 3.8) is 0 Å². The van der Waals surface area contributed by atoms with Crippen LogP contribution in [0.2, 0.25) is 0 Å². The Bertz CT molecular complexity index is 1020. The van der Waals surface area contributed by atoms with Crippen molar-refractivity contribution in [3.05, 3.63) is 53.1 Å². The third-order valence-corrected chi connectivity index (χ3v) is 5.52. The van der Waals surface area contributed by atoms with E-state index >= 15 is 0 Å². The summed E-state index contributed by atoms with van der Waals surface area (Å²) in [5, 5.41) is 11.2. The Hall–Kier alpha value is -2.96. The zero-order chi connectivity index (χ0) is 18.9. The second-order valence-electron chi connectivity index (χ2n) is 7.35. The summed E-state index contributed by atoms with van der Waals surface area (Å²) in [5.41, 5.74) is 0.736. The van der Waals surface area contributed by atoms with Gasteiger partial charge in [0.15, 0.2) is 0 Å². The van der Waals surface area contributed by atoms with E-state index in [4.69, 9.17) is 0 Å². The van der Waals surface area contributed by atoms with Crippen molar-refractivity contribution in [3.8, 4) is 0 Å². The van der Waals surface area contributed by atoms with Gasteiger partial charge in [-0.25, -0.2) is 4.68 Å². The molecular formula is C20H23N5O2. The summed E-state index contributed by atoms with van der Waals surface area (Å²) in [7, 11) is 1.56. The van der Waals surface area contributed by atoms with Gasteiger partial charge in [-0.15, -0.1) is 5.10 Å². The lowest BCUT2D eigenvalue weighted by Crippen LogP contribution is -2.38. The van der Waals surface area contributed by atoms with Gasteiger partial charge in [0.1, 0.15) is 5.52 Å². The highest BCUT2D eigenvalue weighted by Gasteiger charge is 2.35. The molecule has 1 N–H and O–H groups in total. The van der Waals surface area contributed by atoms with E-state index in [1.54, 1.807) is 25.2 Å². The van der Waals surface area contributed by atoms with Crippen molar-refractivity contribution in [2.45, 2.75) is 44.1 Å². The molecule has 1 amide bonds. The minimum Gasteiger partial charge on any atom is -0.348 e. The molecule has 3 aromatic rings. The second kappa shape index (κ2) is 6.98. The average Bonchev–Trinajstić information content (AvgIpc) is 3.21. The quantitative estimate of drug-likeness (QED) is 0.771. The van der Waals surface area contributed by atoms with Crippen LogP contribution in [0, 0.1) is 0 Å². The predicted molar refractivity (Wildman–Crippen MR) is 104 cm³/mol. The van der Waals surface area contributed by atoms with Gasteiger partial charge in [-0.2, -0.15) is 0 Å². The first-order valence-electron chi connectivity index (χ1n) is 9.34. The van der Waals surface area contributed by atoms with E-state index in [9.17, 15) is 9.59 Å². The lowest BCUT2D eigenvalue weighted by molar-refractivity contribution is -0.118. The van der Waals surface area contributed by atoms with E-state index in [1.165, 1.54) is 11.1 Å². The van der Waals surface area contributed by atoms with Crippen LogP contribution in [0.5, 0.6) is 0 Å². The van der Waals surface area contributed by atoms with E-state index in [2.05, 4.69) is 32.6 Å². The molecule has 0 radical (unpaired) electrons. The van der Waals surface area contributed by atoms with Crippen LogP contribution >= 0.6 is 0 Å². The van der Waals surface area contributed by atoms with Crippen LogP contribution in [0.4, 0.5) is 5.69 Å². The summed E-state index contributed by atoms with van der Waals surface area (Å²) >= 11 is 0. The molecule has 0 aliphatic heterocycles. The summed E-state index contributed by atoms with van der Waals surface area (Å²) in [6, 6.07) is 9.16. The Balaban J connectivity index is 1.57. The van der Waals surface area contributed by atoms with Crippen molar-refractivity contribution in [1.29, 1.82) is 0 Å². The number of carbonyl (C=O) groups excluding carboxylic acids is 1. The van der Waals surface area contributed by atoms with Crippen molar-refractivity contribution in [2.24, 2.45) is 7.05 Å². The molecule has 2 aromatic heterocycles. The molecule has 1 aliphatic rings. The Labute approximate surface area is 157 Å². The number of benzene rings is 1. The third kappa shape index (κ3) is 3.37. The van der Waals surface area contributed by atoms with Crippen LogP contribution in [-0.4, -0.2) is 25.5 Å². The molecule has 0 atom stereocenters. The highest BCUT2D eigenvalue weighted by atomic mass is 16.1. The molecule has 4 rings (SSSR count). The molecule has 0 saturated heterocycles. The van der Waals surface area contributed by atoms with Gasteiger partial charge >= 0.3 is 0 Å². The van der Waals surface area contributed by atoms with Gasteiger partial charge < -0.3 is 9.88 Å². The summed E-state index contributed by atoms with van der Waals surface area (Å²) in [6.45, 7) is 0. The van der Waals surface area contributed by atoms with Crippen molar-refractivity contribution in [1.82, 2.24) is 19.6 Å². The van der Waals surface area contributed by atoms with E-state index < -0.39 is 0 Å². The average molecular weight is 365 g/mol. The highest BCUT2D eigenvalue weighted by Crippen LogP contribution is 2.38. The Kier molecular flexibility index (Phi) is 4.51. The molecule has 1 fully saturated rings. The molecule has 7 heteroatoms. The van der Waals surface area contributed by atoms with Crippen molar-refractivity contribution < 1.29 is 4.79 Å². The molecule has 0 unspecified atom stereocenters. The zero-order valence-electron chi connectivity index (χ0n) is 15.4. The lowest BCUT2D eigenvalue weighted by Gasteiger charge is -2.38. The number of nitrogens with zero attached hydrogens (tertiary/aromatic N) is 4. The van der Waals surface area contributed by atoms with Crippen LogP contribution in [0.25, 0.3) is 10.9 Å². The van der Waals surface area contributed by atoms with Crippen LogP contribution < -0.4 is 10.9 Å².